The van der Waals surface area contributed by atoms with Gasteiger partial charge in [0.15, 0.2) is 5.96 Å². The summed E-state index contributed by atoms with van der Waals surface area (Å²) >= 11 is 0. The van der Waals surface area contributed by atoms with Crippen molar-refractivity contribution in [3.05, 3.63) is 29.8 Å². The standard InChI is InChI=1S/C20H36N4O.HI/c1-5-21-20(22-14-13-18-11-8-12-19(25)16-18)23-17(4)10-9-15-24(6-2)7-3;/h8,11-12,16-17,25H,5-7,9-10,13-15H2,1-4H3,(H2,21,22,23);1H. The molecule has 0 fully saturated rings. The van der Waals surface area contributed by atoms with E-state index in [0.717, 1.165) is 50.5 Å². The molecule has 0 saturated heterocycles. The monoisotopic (exact) mass is 476 g/mol. The summed E-state index contributed by atoms with van der Waals surface area (Å²) in [5, 5.41) is 16.3. The van der Waals surface area contributed by atoms with Crippen molar-refractivity contribution in [2.75, 3.05) is 32.7 Å². The number of halogens is 1. The summed E-state index contributed by atoms with van der Waals surface area (Å²) in [6.45, 7) is 13.7. The minimum absolute atomic E-state index is 0. The van der Waals surface area contributed by atoms with E-state index in [4.69, 9.17) is 0 Å². The molecule has 1 unspecified atom stereocenters. The minimum atomic E-state index is 0. The summed E-state index contributed by atoms with van der Waals surface area (Å²) in [5.41, 5.74) is 1.10. The lowest BCUT2D eigenvalue weighted by molar-refractivity contribution is 0.292. The normalized spacial score (nSPS) is 12.6. The molecule has 1 atom stereocenters. The molecule has 6 heteroatoms. The Morgan fingerprint density at radius 1 is 1.23 bits per heavy atom. The molecule has 0 aliphatic rings. The third-order valence-electron chi connectivity index (χ3n) is 4.31. The zero-order chi connectivity index (χ0) is 18.5. The second-order valence-electron chi connectivity index (χ2n) is 6.40. The van der Waals surface area contributed by atoms with Gasteiger partial charge >= 0.3 is 0 Å². The van der Waals surface area contributed by atoms with E-state index in [0.29, 0.717) is 18.3 Å². The number of phenols is 1. The average molecular weight is 476 g/mol. The third kappa shape index (κ3) is 10.9. The SMILES string of the molecule is CCNC(=NCCc1cccc(O)c1)NC(C)CCCN(CC)CC.I. The number of benzene rings is 1. The van der Waals surface area contributed by atoms with Crippen LogP contribution in [0.1, 0.15) is 46.1 Å². The number of hydrogen-bond donors (Lipinski definition) is 3. The van der Waals surface area contributed by atoms with Crippen molar-refractivity contribution in [2.45, 2.75) is 53.0 Å². The minimum Gasteiger partial charge on any atom is -0.508 e. The summed E-state index contributed by atoms with van der Waals surface area (Å²) in [6, 6.07) is 7.78. The number of nitrogens with one attached hydrogen (secondary N) is 2. The van der Waals surface area contributed by atoms with Gasteiger partial charge in [-0.2, -0.15) is 0 Å². The number of phenolic OH excluding ortho intramolecular Hbond substituents is 1. The quantitative estimate of drug-likeness (QED) is 0.260. The fraction of sp³-hybridized carbons (Fsp3) is 0.650. The average Bonchev–Trinajstić information content (AvgIpc) is 2.59. The maximum atomic E-state index is 9.52. The van der Waals surface area contributed by atoms with Crippen LogP contribution in [0, 0.1) is 0 Å². The maximum Gasteiger partial charge on any atom is 0.191 e. The van der Waals surface area contributed by atoms with Gasteiger partial charge in [0.05, 0.1) is 0 Å². The van der Waals surface area contributed by atoms with Gasteiger partial charge in [0.2, 0.25) is 0 Å². The van der Waals surface area contributed by atoms with Gasteiger partial charge in [0, 0.05) is 19.1 Å². The van der Waals surface area contributed by atoms with Crippen molar-refractivity contribution in [1.82, 2.24) is 15.5 Å². The van der Waals surface area contributed by atoms with Crippen molar-refractivity contribution >= 4 is 29.9 Å². The summed E-state index contributed by atoms with van der Waals surface area (Å²) < 4.78 is 0. The zero-order valence-corrected chi connectivity index (χ0v) is 19.1. The van der Waals surface area contributed by atoms with Crippen molar-refractivity contribution < 1.29 is 5.11 Å². The van der Waals surface area contributed by atoms with E-state index in [1.807, 2.05) is 12.1 Å². The van der Waals surface area contributed by atoms with Crippen LogP contribution in [0.5, 0.6) is 5.75 Å². The van der Waals surface area contributed by atoms with Crippen LogP contribution < -0.4 is 10.6 Å². The van der Waals surface area contributed by atoms with Gasteiger partial charge in [-0.25, -0.2) is 0 Å². The van der Waals surface area contributed by atoms with Gasteiger partial charge in [-0.05, 0) is 70.4 Å². The summed E-state index contributed by atoms with van der Waals surface area (Å²) in [5.74, 6) is 1.19. The molecule has 0 radical (unpaired) electrons. The fourth-order valence-corrected chi connectivity index (χ4v) is 2.80. The molecule has 150 valence electrons. The smallest absolute Gasteiger partial charge is 0.191 e. The highest BCUT2D eigenvalue weighted by Crippen LogP contribution is 2.11. The summed E-state index contributed by atoms with van der Waals surface area (Å²) in [6.07, 6.45) is 3.15. The number of guanidine groups is 1. The van der Waals surface area contributed by atoms with Crippen molar-refractivity contribution in [2.24, 2.45) is 4.99 Å². The molecule has 3 N–H and O–H groups in total. The lowest BCUT2D eigenvalue weighted by atomic mass is 10.1. The Kier molecular flexibility index (Phi) is 14.5. The van der Waals surface area contributed by atoms with Crippen LogP contribution in [-0.4, -0.2) is 54.7 Å². The van der Waals surface area contributed by atoms with Gasteiger partial charge in [0.1, 0.15) is 5.75 Å². The predicted molar refractivity (Wildman–Crippen MR) is 123 cm³/mol. The van der Waals surface area contributed by atoms with E-state index in [2.05, 4.69) is 48.2 Å². The highest BCUT2D eigenvalue weighted by Gasteiger charge is 2.06. The Hall–Kier alpha value is -1.02. The van der Waals surface area contributed by atoms with E-state index in [1.54, 1.807) is 12.1 Å². The highest BCUT2D eigenvalue weighted by molar-refractivity contribution is 14.0. The first-order chi connectivity index (χ1) is 12.1. The molecule has 0 bridgehead atoms. The number of aromatic hydroxyl groups is 1. The zero-order valence-electron chi connectivity index (χ0n) is 16.8. The third-order valence-corrected chi connectivity index (χ3v) is 4.31. The van der Waals surface area contributed by atoms with E-state index in [-0.39, 0.29) is 24.0 Å². The Morgan fingerprint density at radius 2 is 1.96 bits per heavy atom. The van der Waals surface area contributed by atoms with E-state index in [9.17, 15) is 5.11 Å². The summed E-state index contributed by atoms with van der Waals surface area (Å²) in [7, 11) is 0. The largest absolute Gasteiger partial charge is 0.508 e. The molecule has 0 amide bonds. The molecule has 26 heavy (non-hydrogen) atoms. The van der Waals surface area contributed by atoms with E-state index in [1.165, 1.54) is 6.42 Å². The first-order valence-corrected chi connectivity index (χ1v) is 9.64. The van der Waals surface area contributed by atoms with Gasteiger partial charge in [-0.3, -0.25) is 4.99 Å². The van der Waals surface area contributed by atoms with Crippen molar-refractivity contribution in [3.63, 3.8) is 0 Å². The predicted octanol–water partition coefficient (Wildman–Crippen LogP) is 3.62. The molecule has 0 aliphatic heterocycles. The Bertz CT molecular complexity index is 506. The molecule has 5 nitrogen and oxygen atoms in total. The lowest BCUT2D eigenvalue weighted by Crippen LogP contribution is -2.42. The van der Waals surface area contributed by atoms with Gasteiger partial charge < -0.3 is 20.6 Å². The Morgan fingerprint density at radius 3 is 2.58 bits per heavy atom. The number of aliphatic imine (C=N–C) groups is 1. The molecule has 1 aromatic carbocycles. The van der Waals surface area contributed by atoms with Crippen LogP contribution in [0.25, 0.3) is 0 Å². The van der Waals surface area contributed by atoms with Gasteiger partial charge in [-0.15, -0.1) is 24.0 Å². The first kappa shape index (κ1) is 25.0. The van der Waals surface area contributed by atoms with Crippen LogP contribution in [-0.2, 0) is 6.42 Å². The van der Waals surface area contributed by atoms with Crippen LogP contribution in [0.2, 0.25) is 0 Å². The molecule has 1 aromatic rings. The van der Waals surface area contributed by atoms with Crippen LogP contribution >= 0.6 is 24.0 Å². The molecule has 0 heterocycles. The van der Waals surface area contributed by atoms with E-state index >= 15 is 0 Å². The number of nitrogens with zero attached hydrogens (tertiary/aromatic N) is 2. The fourth-order valence-electron chi connectivity index (χ4n) is 2.80. The lowest BCUT2D eigenvalue weighted by Gasteiger charge is -2.21. The number of hydrogen-bond acceptors (Lipinski definition) is 3. The highest BCUT2D eigenvalue weighted by atomic mass is 127. The Labute approximate surface area is 176 Å². The maximum absolute atomic E-state index is 9.52. The number of rotatable bonds is 11. The molecule has 1 rings (SSSR count). The first-order valence-electron chi connectivity index (χ1n) is 9.64. The molecule has 0 aliphatic carbocycles. The second-order valence-corrected chi connectivity index (χ2v) is 6.40. The Balaban J connectivity index is 0.00000625. The summed E-state index contributed by atoms with van der Waals surface area (Å²) in [4.78, 5) is 7.12. The topological polar surface area (TPSA) is 59.9 Å². The molecule has 0 aromatic heterocycles. The second kappa shape index (κ2) is 15.1. The van der Waals surface area contributed by atoms with Crippen LogP contribution in [0.15, 0.2) is 29.3 Å². The molecular weight excluding hydrogens is 439 g/mol. The van der Waals surface area contributed by atoms with Gasteiger partial charge in [0.25, 0.3) is 0 Å². The molecule has 0 spiro atoms. The van der Waals surface area contributed by atoms with Crippen LogP contribution in [0.4, 0.5) is 0 Å². The van der Waals surface area contributed by atoms with E-state index < -0.39 is 0 Å². The van der Waals surface area contributed by atoms with Crippen LogP contribution in [0.3, 0.4) is 0 Å². The molecule has 0 saturated carbocycles. The van der Waals surface area contributed by atoms with Crippen molar-refractivity contribution in [1.29, 1.82) is 0 Å². The molecular formula is C20H37IN4O. The van der Waals surface area contributed by atoms with Crippen molar-refractivity contribution in [3.8, 4) is 5.75 Å². The van der Waals surface area contributed by atoms with Gasteiger partial charge in [-0.1, -0.05) is 26.0 Å².